The number of ether oxygens (including phenoxy) is 2. The predicted octanol–water partition coefficient (Wildman–Crippen LogP) is -1.52. The van der Waals surface area contributed by atoms with Crippen molar-refractivity contribution < 1.29 is 34.7 Å². The molecule has 4 rings (SSSR count). The summed E-state index contributed by atoms with van der Waals surface area (Å²) in [6.07, 6.45) is -3.94. The Morgan fingerprint density at radius 1 is 1.27 bits per heavy atom. The smallest absolute Gasteiger partial charge is 0.334 e. The first-order valence-corrected chi connectivity index (χ1v) is 7.44. The summed E-state index contributed by atoms with van der Waals surface area (Å²) in [5.74, 6) is -2.20. The minimum atomic E-state index is -1.61. The van der Waals surface area contributed by atoms with Crippen LogP contribution < -0.4 is 0 Å². The molecule has 2 saturated heterocycles. The lowest BCUT2D eigenvalue weighted by Crippen LogP contribution is -2.56. The third-order valence-corrected chi connectivity index (χ3v) is 6.12. The lowest BCUT2D eigenvalue weighted by molar-refractivity contribution is -0.178. The van der Waals surface area contributed by atoms with Crippen LogP contribution in [0, 0.1) is 11.8 Å². The zero-order valence-corrected chi connectivity index (χ0v) is 12.4. The van der Waals surface area contributed by atoms with Gasteiger partial charge in [0.1, 0.15) is 23.9 Å². The summed E-state index contributed by atoms with van der Waals surface area (Å²) >= 11 is 0. The standard InChI is InChI=1S/C15H20O7/c1-5-7-6(16)4-13(2,19)15-9(8(7)21-12(5)18)14(3,20)10(17)11(15)22-15/h6-11,16-17,19-20H,1,4H2,2-3H3/t6-,7-,8+,9?,10+,11-,13-,14+,15?/m1/s1. The fraction of sp³-hybridized carbons (Fsp3) is 0.800. The second kappa shape index (κ2) is 3.73. The summed E-state index contributed by atoms with van der Waals surface area (Å²) in [4.78, 5) is 11.9. The highest BCUT2D eigenvalue weighted by molar-refractivity contribution is 5.91. The number of fused-ring (bicyclic) bond motifs is 2. The maximum Gasteiger partial charge on any atom is 0.334 e. The summed E-state index contributed by atoms with van der Waals surface area (Å²) in [6, 6.07) is 0. The van der Waals surface area contributed by atoms with Crippen LogP contribution in [0.2, 0.25) is 0 Å². The van der Waals surface area contributed by atoms with E-state index in [1.807, 2.05) is 0 Å². The molecule has 0 aromatic carbocycles. The van der Waals surface area contributed by atoms with E-state index in [-0.39, 0.29) is 12.0 Å². The Balaban J connectivity index is 1.90. The number of esters is 1. The third kappa shape index (κ3) is 1.33. The van der Waals surface area contributed by atoms with Crippen molar-refractivity contribution in [3.63, 3.8) is 0 Å². The highest BCUT2D eigenvalue weighted by Crippen LogP contribution is 2.68. The molecule has 4 aliphatic rings. The minimum Gasteiger partial charge on any atom is -0.458 e. The van der Waals surface area contributed by atoms with Crippen molar-refractivity contribution in [3.8, 4) is 0 Å². The Morgan fingerprint density at radius 3 is 2.55 bits per heavy atom. The van der Waals surface area contributed by atoms with E-state index in [9.17, 15) is 25.2 Å². The maximum absolute atomic E-state index is 11.9. The molecule has 4 N–H and O–H groups in total. The molecule has 1 spiro atoms. The lowest BCUT2D eigenvalue weighted by Gasteiger charge is -2.40. The largest absolute Gasteiger partial charge is 0.458 e. The summed E-state index contributed by atoms with van der Waals surface area (Å²) in [5, 5.41) is 42.4. The SMILES string of the molecule is C=C1C(=O)O[C@@H]2C3C4(O[C@@H]4[C@H](O)[C@@]3(C)O)[C@](C)(O)C[C@@H](O)[C@@H]12. The van der Waals surface area contributed by atoms with Crippen LogP contribution in [0.3, 0.4) is 0 Å². The zero-order valence-electron chi connectivity index (χ0n) is 12.4. The fourth-order valence-electron chi connectivity index (χ4n) is 5.02. The topological polar surface area (TPSA) is 120 Å². The Kier molecular flexibility index (Phi) is 2.48. The molecule has 2 heterocycles. The van der Waals surface area contributed by atoms with Crippen LogP contribution in [0.5, 0.6) is 0 Å². The highest BCUT2D eigenvalue weighted by Gasteiger charge is 2.86. The molecule has 22 heavy (non-hydrogen) atoms. The highest BCUT2D eigenvalue weighted by atomic mass is 16.7. The van der Waals surface area contributed by atoms with Gasteiger partial charge in [0.05, 0.1) is 29.1 Å². The van der Waals surface area contributed by atoms with Gasteiger partial charge in [-0.1, -0.05) is 6.58 Å². The molecule has 0 bridgehead atoms. The molecule has 2 aliphatic carbocycles. The van der Waals surface area contributed by atoms with Gasteiger partial charge in [0, 0.05) is 12.0 Å². The molecule has 2 saturated carbocycles. The van der Waals surface area contributed by atoms with Crippen molar-refractivity contribution in [2.75, 3.05) is 0 Å². The number of carbonyl (C=O) groups excluding carboxylic acids is 1. The number of rotatable bonds is 0. The molecule has 7 nitrogen and oxygen atoms in total. The molecular formula is C15H20O7. The van der Waals surface area contributed by atoms with Gasteiger partial charge in [0.25, 0.3) is 0 Å². The average Bonchev–Trinajstić information content (AvgIpc) is 3.02. The zero-order chi connectivity index (χ0) is 16.2. The van der Waals surface area contributed by atoms with E-state index in [0.717, 1.165) is 0 Å². The minimum absolute atomic E-state index is 0.0559. The van der Waals surface area contributed by atoms with Crippen LogP contribution >= 0.6 is 0 Å². The monoisotopic (exact) mass is 312 g/mol. The van der Waals surface area contributed by atoms with Gasteiger partial charge in [0.2, 0.25) is 0 Å². The number of aliphatic hydroxyl groups excluding tert-OH is 2. The van der Waals surface area contributed by atoms with Crippen molar-refractivity contribution in [1.82, 2.24) is 0 Å². The van der Waals surface area contributed by atoms with Crippen molar-refractivity contribution >= 4 is 5.97 Å². The van der Waals surface area contributed by atoms with Gasteiger partial charge in [-0.15, -0.1) is 0 Å². The second-order valence-electron chi connectivity index (χ2n) is 7.45. The molecule has 0 amide bonds. The van der Waals surface area contributed by atoms with Crippen LogP contribution in [0.1, 0.15) is 20.3 Å². The first-order chi connectivity index (χ1) is 10.1. The van der Waals surface area contributed by atoms with Gasteiger partial charge in [-0.3, -0.25) is 0 Å². The first-order valence-electron chi connectivity index (χ1n) is 7.44. The molecule has 2 unspecified atom stereocenters. The molecule has 0 aromatic rings. The lowest BCUT2D eigenvalue weighted by atomic mass is 9.73. The van der Waals surface area contributed by atoms with Crippen molar-refractivity contribution in [2.45, 2.75) is 61.5 Å². The number of carbonyl (C=O) groups is 1. The summed E-state index contributed by atoms with van der Waals surface area (Å²) < 4.78 is 11.0. The Morgan fingerprint density at radius 2 is 1.91 bits per heavy atom. The molecule has 4 fully saturated rings. The molecule has 122 valence electrons. The number of epoxide rings is 1. The quantitative estimate of drug-likeness (QED) is 0.243. The molecule has 0 radical (unpaired) electrons. The average molecular weight is 312 g/mol. The third-order valence-electron chi connectivity index (χ3n) is 6.12. The Labute approximate surface area is 127 Å². The van der Waals surface area contributed by atoms with E-state index in [1.165, 1.54) is 13.8 Å². The van der Waals surface area contributed by atoms with Gasteiger partial charge < -0.3 is 29.9 Å². The summed E-state index contributed by atoms with van der Waals surface area (Å²) in [5.41, 5.74) is -4.19. The number of hydrogen-bond acceptors (Lipinski definition) is 7. The molecule has 9 atom stereocenters. The van der Waals surface area contributed by atoms with Gasteiger partial charge in [-0.05, 0) is 13.8 Å². The van der Waals surface area contributed by atoms with Gasteiger partial charge in [-0.2, -0.15) is 0 Å². The molecule has 0 aromatic heterocycles. The number of aliphatic hydroxyl groups is 4. The van der Waals surface area contributed by atoms with E-state index in [4.69, 9.17) is 9.47 Å². The van der Waals surface area contributed by atoms with Crippen LogP contribution in [-0.4, -0.2) is 67.6 Å². The fourth-order valence-corrected chi connectivity index (χ4v) is 5.02. The van der Waals surface area contributed by atoms with Crippen molar-refractivity contribution in [1.29, 1.82) is 0 Å². The van der Waals surface area contributed by atoms with Crippen LogP contribution in [-0.2, 0) is 14.3 Å². The van der Waals surface area contributed by atoms with E-state index in [2.05, 4.69) is 6.58 Å². The van der Waals surface area contributed by atoms with E-state index < -0.39 is 59.0 Å². The van der Waals surface area contributed by atoms with Gasteiger partial charge in [0.15, 0.2) is 0 Å². The molecule has 2 aliphatic heterocycles. The van der Waals surface area contributed by atoms with Crippen LogP contribution in [0.25, 0.3) is 0 Å². The second-order valence-corrected chi connectivity index (χ2v) is 7.45. The van der Waals surface area contributed by atoms with E-state index in [0.29, 0.717) is 0 Å². The van der Waals surface area contributed by atoms with Crippen molar-refractivity contribution in [2.24, 2.45) is 11.8 Å². The van der Waals surface area contributed by atoms with Crippen molar-refractivity contribution in [3.05, 3.63) is 12.2 Å². The van der Waals surface area contributed by atoms with E-state index >= 15 is 0 Å². The molecule has 7 heteroatoms. The Bertz CT molecular complexity index is 582. The van der Waals surface area contributed by atoms with Gasteiger partial charge in [-0.25, -0.2) is 4.79 Å². The summed E-state index contributed by atoms with van der Waals surface area (Å²) in [7, 11) is 0. The normalized spacial score (nSPS) is 62.8. The molecular weight excluding hydrogens is 292 g/mol. The van der Waals surface area contributed by atoms with Gasteiger partial charge >= 0.3 is 5.97 Å². The van der Waals surface area contributed by atoms with E-state index in [1.54, 1.807) is 0 Å². The number of hydrogen-bond donors (Lipinski definition) is 4. The first kappa shape index (κ1) is 14.6. The van der Waals surface area contributed by atoms with Crippen LogP contribution in [0.15, 0.2) is 12.2 Å². The maximum atomic E-state index is 11.9. The Hall–Kier alpha value is -0.990. The van der Waals surface area contributed by atoms with Crippen LogP contribution in [0.4, 0.5) is 0 Å². The summed E-state index contributed by atoms with van der Waals surface area (Å²) in [6.45, 7) is 6.64. The predicted molar refractivity (Wildman–Crippen MR) is 71.5 cm³/mol.